The number of carbonyl (C=O) groups is 2. The number of nitrogens with one attached hydrogen (secondary N) is 2. The normalized spacial score (nSPS) is 10.2. The Hall–Kier alpha value is -2.04. The van der Waals surface area contributed by atoms with Crippen LogP contribution in [0.5, 0.6) is 0 Å². The van der Waals surface area contributed by atoms with Crippen molar-refractivity contribution < 1.29 is 9.59 Å². The second-order valence-electron chi connectivity index (χ2n) is 5.02. The van der Waals surface area contributed by atoms with Gasteiger partial charge in [-0.3, -0.25) is 9.59 Å². The van der Waals surface area contributed by atoms with Gasteiger partial charge in [0.1, 0.15) is 0 Å². The molecule has 0 aliphatic heterocycles. The molecule has 0 radical (unpaired) electrons. The van der Waals surface area contributed by atoms with Crippen LogP contribution in [-0.4, -0.2) is 18.4 Å². The fourth-order valence-electron chi connectivity index (χ4n) is 2.02. The van der Waals surface area contributed by atoms with Crippen LogP contribution in [-0.2, 0) is 16.0 Å². The van der Waals surface area contributed by atoms with Crippen LogP contribution in [0.25, 0.3) is 0 Å². The number of carbonyl (C=O) groups excluding carboxylic acids is 2. The van der Waals surface area contributed by atoms with Crippen LogP contribution in [0, 0.1) is 6.92 Å². The van der Waals surface area contributed by atoms with E-state index in [9.17, 15) is 9.59 Å². The van der Waals surface area contributed by atoms with Crippen LogP contribution in [0.15, 0.2) is 42.5 Å². The molecule has 0 atom stereocenters. The Kier molecular flexibility index (Phi) is 6.02. The standard InChI is InChI=1S/C17H16Cl2N2O2/c1-11-5-2-3-6-12(11)9-15(22)20-10-16(23)21-17-13(18)7-4-8-14(17)19/h2-8H,9-10H2,1H3,(H,20,22)(H,21,23). The second-order valence-corrected chi connectivity index (χ2v) is 5.84. The van der Waals surface area contributed by atoms with Gasteiger partial charge in [-0.1, -0.05) is 53.5 Å². The molecule has 0 spiro atoms. The van der Waals surface area contributed by atoms with Gasteiger partial charge in [0.05, 0.1) is 28.7 Å². The molecule has 6 heteroatoms. The van der Waals surface area contributed by atoms with Crippen LogP contribution in [0.1, 0.15) is 11.1 Å². The highest BCUT2D eigenvalue weighted by atomic mass is 35.5. The van der Waals surface area contributed by atoms with Crippen LogP contribution >= 0.6 is 23.2 Å². The zero-order chi connectivity index (χ0) is 16.8. The number of benzene rings is 2. The number of halogens is 2. The highest BCUT2D eigenvalue weighted by Gasteiger charge is 2.11. The topological polar surface area (TPSA) is 58.2 Å². The van der Waals surface area contributed by atoms with Gasteiger partial charge in [0, 0.05) is 0 Å². The predicted molar refractivity (Wildman–Crippen MR) is 93.0 cm³/mol. The number of aryl methyl sites for hydroxylation is 1. The molecule has 0 saturated heterocycles. The van der Waals surface area contributed by atoms with E-state index in [1.807, 2.05) is 31.2 Å². The molecule has 0 heterocycles. The van der Waals surface area contributed by atoms with E-state index in [0.717, 1.165) is 11.1 Å². The van der Waals surface area contributed by atoms with E-state index < -0.39 is 5.91 Å². The number of rotatable bonds is 5. The van der Waals surface area contributed by atoms with Crippen molar-refractivity contribution >= 4 is 40.7 Å². The molecule has 0 aliphatic carbocycles. The summed E-state index contributed by atoms with van der Waals surface area (Å²) in [5.41, 5.74) is 2.31. The molecule has 0 unspecified atom stereocenters. The molecule has 2 aromatic rings. The first-order valence-electron chi connectivity index (χ1n) is 7.02. The third-order valence-corrected chi connectivity index (χ3v) is 3.92. The van der Waals surface area contributed by atoms with Gasteiger partial charge < -0.3 is 10.6 Å². The molecule has 0 aliphatic rings. The first-order valence-corrected chi connectivity index (χ1v) is 7.78. The monoisotopic (exact) mass is 350 g/mol. The molecule has 0 fully saturated rings. The average Bonchev–Trinajstić information content (AvgIpc) is 2.51. The summed E-state index contributed by atoms with van der Waals surface area (Å²) in [6.45, 7) is 1.79. The maximum Gasteiger partial charge on any atom is 0.243 e. The highest BCUT2D eigenvalue weighted by molar-refractivity contribution is 6.39. The number of para-hydroxylation sites is 1. The molecule has 0 aromatic heterocycles. The highest BCUT2D eigenvalue weighted by Crippen LogP contribution is 2.29. The van der Waals surface area contributed by atoms with Gasteiger partial charge in [0.25, 0.3) is 0 Å². The molecular weight excluding hydrogens is 335 g/mol. The molecule has 2 aromatic carbocycles. The Balaban J connectivity index is 1.87. The zero-order valence-corrected chi connectivity index (χ0v) is 14.0. The van der Waals surface area contributed by atoms with Crippen molar-refractivity contribution in [2.75, 3.05) is 11.9 Å². The van der Waals surface area contributed by atoms with Crippen molar-refractivity contribution in [1.82, 2.24) is 5.32 Å². The van der Waals surface area contributed by atoms with E-state index in [1.165, 1.54) is 0 Å². The zero-order valence-electron chi connectivity index (χ0n) is 12.5. The third-order valence-electron chi connectivity index (χ3n) is 3.29. The average molecular weight is 351 g/mol. The summed E-state index contributed by atoms with van der Waals surface area (Å²) in [5.74, 6) is -0.613. The molecule has 4 nitrogen and oxygen atoms in total. The molecule has 2 amide bonds. The smallest absolute Gasteiger partial charge is 0.243 e. The summed E-state index contributed by atoms with van der Waals surface area (Å²) < 4.78 is 0. The second kappa shape index (κ2) is 7.99. The fraction of sp³-hybridized carbons (Fsp3) is 0.176. The summed E-state index contributed by atoms with van der Waals surface area (Å²) in [7, 11) is 0. The minimum Gasteiger partial charge on any atom is -0.347 e. The minimum atomic E-state index is -0.391. The minimum absolute atomic E-state index is 0.147. The molecule has 120 valence electrons. The molecular formula is C17H16Cl2N2O2. The van der Waals surface area contributed by atoms with Gasteiger partial charge in [-0.15, -0.1) is 0 Å². The van der Waals surface area contributed by atoms with E-state index in [4.69, 9.17) is 23.2 Å². The van der Waals surface area contributed by atoms with Gasteiger partial charge in [-0.25, -0.2) is 0 Å². The number of anilines is 1. The van der Waals surface area contributed by atoms with Gasteiger partial charge in [0.15, 0.2) is 0 Å². The van der Waals surface area contributed by atoms with Gasteiger partial charge in [-0.05, 0) is 30.2 Å². The largest absolute Gasteiger partial charge is 0.347 e. The van der Waals surface area contributed by atoms with E-state index in [0.29, 0.717) is 15.7 Å². The Morgan fingerprint density at radius 1 is 0.957 bits per heavy atom. The van der Waals surface area contributed by atoms with Gasteiger partial charge >= 0.3 is 0 Å². The molecule has 2 N–H and O–H groups in total. The van der Waals surface area contributed by atoms with Crippen LogP contribution in [0.2, 0.25) is 10.0 Å². The van der Waals surface area contributed by atoms with Crippen molar-refractivity contribution in [2.24, 2.45) is 0 Å². The molecule has 0 bridgehead atoms. The lowest BCUT2D eigenvalue weighted by molar-refractivity contribution is -0.123. The van der Waals surface area contributed by atoms with Crippen molar-refractivity contribution in [3.8, 4) is 0 Å². The first kappa shape index (κ1) is 17.3. The Morgan fingerprint density at radius 2 is 1.61 bits per heavy atom. The van der Waals surface area contributed by atoms with E-state index in [-0.39, 0.29) is 18.9 Å². The third kappa shape index (κ3) is 4.98. The lowest BCUT2D eigenvalue weighted by atomic mass is 10.1. The Bertz CT molecular complexity index is 712. The Morgan fingerprint density at radius 3 is 2.26 bits per heavy atom. The van der Waals surface area contributed by atoms with Crippen molar-refractivity contribution in [3.63, 3.8) is 0 Å². The molecule has 23 heavy (non-hydrogen) atoms. The summed E-state index contributed by atoms with van der Waals surface area (Å²) in [4.78, 5) is 23.8. The molecule has 2 rings (SSSR count). The van der Waals surface area contributed by atoms with E-state index in [2.05, 4.69) is 10.6 Å². The van der Waals surface area contributed by atoms with E-state index in [1.54, 1.807) is 18.2 Å². The first-order chi connectivity index (χ1) is 11.0. The summed E-state index contributed by atoms with van der Waals surface area (Å²) in [5, 5.41) is 5.86. The predicted octanol–water partition coefficient (Wildman–Crippen LogP) is 3.60. The van der Waals surface area contributed by atoms with Crippen molar-refractivity contribution in [1.29, 1.82) is 0 Å². The summed E-state index contributed by atoms with van der Waals surface area (Å²) >= 11 is 11.9. The van der Waals surface area contributed by atoms with Crippen LogP contribution < -0.4 is 10.6 Å². The lowest BCUT2D eigenvalue weighted by Gasteiger charge is -2.10. The number of hydrogen-bond donors (Lipinski definition) is 2. The van der Waals surface area contributed by atoms with Crippen LogP contribution in [0.4, 0.5) is 5.69 Å². The number of hydrogen-bond acceptors (Lipinski definition) is 2. The van der Waals surface area contributed by atoms with Crippen molar-refractivity contribution in [2.45, 2.75) is 13.3 Å². The summed E-state index contributed by atoms with van der Waals surface area (Å²) in [6, 6.07) is 12.6. The van der Waals surface area contributed by atoms with E-state index >= 15 is 0 Å². The Labute approximate surface area is 144 Å². The maximum absolute atomic E-state index is 11.9. The summed E-state index contributed by atoms with van der Waals surface area (Å²) in [6.07, 6.45) is 0.229. The van der Waals surface area contributed by atoms with Crippen molar-refractivity contribution in [3.05, 3.63) is 63.6 Å². The van der Waals surface area contributed by atoms with Gasteiger partial charge in [0.2, 0.25) is 11.8 Å². The fourth-order valence-corrected chi connectivity index (χ4v) is 2.52. The lowest BCUT2D eigenvalue weighted by Crippen LogP contribution is -2.34. The quantitative estimate of drug-likeness (QED) is 0.865. The SMILES string of the molecule is Cc1ccccc1CC(=O)NCC(=O)Nc1c(Cl)cccc1Cl. The molecule has 0 saturated carbocycles. The van der Waals surface area contributed by atoms with Crippen LogP contribution in [0.3, 0.4) is 0 Å². The maximum atomic E-state index is 11.9. The number of amides is 2. The van der Waals surface area contributed by atoms with Gasteiger partial charge in [-0.2, -0.15) is 0 Å².